The zero-order valence-electron chi connectivity index (χ0n) is 19.7. The molecule has 1 aliphatic carbocycles. The van der Waals surface area contributed by atoms with E-state index >= 15 is 0 Å². The van der Waals surface area contributed by atoms with Crippen molar-refractivity contribution in [3.05, 3.63) is 23.3 Å². The summed E-state index contributed by atoms with van der Waals surface area (Å²) >= 11 is 0. The van der Waals surface area contributed by atoms with Crippen LogP contribution in [-0.2, 0) is 8.85 Å². The van der Waals surface area contributed by atoms with Crippen LogP contribution in [0.5, 0.6) is 0 Å². The molecule has 27 heavy (non-hydrogen) atoms. The topological polar surface area (TPSA) is 38.7 Å². The number of hydrogen-bond acceptors (Lipinski definition) is 3. The molecule has 0 bridgehead atoms. The molecule has 0 aliphatic heterocycles. The molecule has 5 heteroatoms. The molecule has 1 aliphatic rings. The van der Waals surface area contributed by atoms with Gasteiger partial charge in [0.25, 0.3) is 0 Å². The van der Waals surface area contributed by atoms with Gasteiger partial charge in [-0.25, -0.2) is 0 Å². The molecular weight excluding hydrogens is 368 g/mol. The van der Waals surface area contributed by atoms with Crippen molar-refractivity contribution in [2.75, 3.05) is 6.61 Å². The maximum absolute atomic E-state index is 9.48. The van der Waals surface area contributed by atoms with E-state index in [9.17, 15) is 5.11 Å². The largest absolute Gasteiger partial charge is 0.410 e. The second-order valence-corrected chi connectivity index (χ2v) is 20.5. The van der Waals surface area contributed by atoms with Gasteiger partial charge in [-0.15, -0.1) is 0 Å². The van der Waals surface area contributed by atoms with E-state index in [1.165, 1.54) is 11.1 Å². The first-order chi connectivity index (χ1) is 12.1. The average Bonchev–Trinajstić information content (AvgIpc) is 2.44. The highest BCUT2D eigenvalue weighted by Crippen LogP contribution is 2.44. The second kappa shape index (κ2) is 8.66. The molecule has 0 aromatic carbocycles. The Morgan fingerprint density at radius 3 is 1.52 bits per heavy atom. The van der Waals surface area contributed by atoms with Crippen LogP contribution in [0.15, 0.2) is 23.3 Å². The molecule has 0 amide bonds. The third-order valence-corrected chi connectivity index (χ3v) is 15.8. The summed E-state index contributed by atoms with van der Waals surface area (Å²) in [4.78, 5) is 0. The van der Waals surface area contributed by atoms with E-state index in [2.05, 4.69) is 80.7 Å². The number of aliphatic hydroxyl groups excluding tert-OH is 1. The fourth-order valence-corrected chi connectivity index (χ4v) is 5.52. The second-order valence-electron chi connectivity index (χ2n) is 11.0. The van der Waals surface area contributed by atoms with Crippen molar-refractivity contribution in [1.29, 1.82) is 0 Å². The molecule has 2 atom stereocenters. The van der Waals surface area contributed by atoms with Crippen molar-refractivity contribution < 1.29 is 14.0 Å². The zero-order chi connectivity index (χ0) is 21.3. The lowest BCUT2D eigenvalue weighted by Gasteiger charge is -2.46. The van der Waals surface area contributed by atoms with Gasteiger partial charge in [0, 0.05) is 0 Å². The Morgan fingerprint density at radius 1 is 0.889 bits per heavy atom. The molecular formula is C22H44O3Si2. The summed E-state index contributed by atoms with van der Waals surface area (Å²) in [6.45, 7) is 25.1. The molecule has 0 heterocycles. The van der Waals surface area contributed by atoms with Crippen molar-refractivity contribution in [3.8, 4) is 0 Å². The van der Waals surface area contributed by atoms with Crippen LogP contribution in [0.4, 0.5) is 0 Å². The fourth-order valence-electron chi connectivity index (χ4n) is 2.95. The summed E-state index contributed by atoms with van der Waals surface area (Å²) in [6, 6.07) is 0. The lowest BCUT2D eigenvalue weighted by atomic mass is 9.85. The van der Waals surface area contributed by atoms with E-state index < -0.39 is 16.6 Å². The molecule has 0 radical (unpaired) electrons. The molecule has 0 unspecified atom stereocenters. The fraction of sp³-hybridized carbons (Fsp3) is 0.818. The summed E-state index contributed by atoms with van der Waals surface area (Å²) in [7, 11) is -3.81. The first-order valence-electron chi connectivity index (χ1n) is 10.4. The van der Waals surface area contributed by atoms with E-state index in [0.717, 1.165) is 12.8 Å². The van der Waals surface area contributed by atoms with E-state index in [-0.39, 0.29) is 28.9 Å². The van der Waals surface area contributed by atoms with Crippen molar-refractivity contribution in [2.24, 2.45) is 0 Å². The number of allylic oxidation sites excluding steroid dienone is 1. The molecule has 1 saturated carbocycles. The summed E-state index contributed by atoms with van der Waals surface area (Å²) in [6.07, 6.45) is 6.00. The molecule has 1 N–H and O–H groups in total. The first-order valence-corrected chi connectivity index (χ1v) is 16.2. The van der Waals surface area contributed by atoms with E-state index in [4.69, 9.17) is 8.85 Å². The molecule has 158 valence electrons. The molecule has 0 spiro atoms. The molecule has 0 saturated heterocycles. The van der Waals surface area contributed by atoms with Gasteiger partial charge in [-0.2, -0.15) is 0 Å². The van der Waals surface area contributed by atoms with E-state index in [0.29, 0.717) is 0 Å². The highest BCUT2D eigenvalue weighted by molar-refractivity contribution is 6.74. The van der Waals surface area contributed by atoms with Gasteiger partial charge in [-0.05, 0) is 61.6 Å². The van der Waals surface area contributed by atoms with Gasteiger partial charge in [-0.3, -0.25) is 0 Å². The van der Waals surface area contributed by atoms with Crippen LogP contribution in [0.25, 0.3) is 0 Å². The zero-order valence-corrected chi connectivity index (χ0v) is 21.7. The van der Waals surface area contributed by atoms with Crippen LogP contribution in [0.3, 0.4) is 0 Å². The van der Waals surface area contributed by atoms with Gasteiger partial charge in [0.2, 0.25) is 0 Å². The molecule has 0 aromatic rings. The number of rotatable bonds is 5. The van der Waals surface area contributed by atoms with Gasteiger partial charge >= 0.3 is 0 Å². The minimum absolute atomic E-state index is 0.0530. The minimum Gasteiger partial charge on any atom is -0.410 e. The summed E-state index contributed by atoms with van der Waals surface area (Å²) in [5.41, 5.74) is 2.55. The highest BCUT2D eigenvalue weighted by atomic mass is 28.4. The van der Waals surface area contributed by atoms with Gasteiger partial charge in [0.1, 0.15) is 0 Å². The number of aliphatic hydroxyl groups is 1. The number of hydrogen-bond donors (Lipinski definition) is 1. The summed E-state index contributed by atoms with van der Waals surface area (Å²) in [5.74, 6) is 0. The minimum atomic E-state index is -1.90. The van der Waals surface area contributed by atoms with Crippen molar-refractivity contribution in [3.63, 3.8) is 0 Å². The van der Waals surface area contributed by atoms with Gasteiger partial charge < -0.3 is 14.0 Å². The lowest BCUT2D eigenvalue weighted by Crippen LogP contribution is -2.50. The Labute approximate surface area is 170 Å². The van der Waals surface area contributed by atoms with Crippen LogP contribution >= 0.6 is 0 Å². The molecule has 3 nitrogen and oxygen atoms in total. The third kappa shape index (κ3) is 6.13. The Morgan fingerprint density at radius 2 is 1.26 bits per heavy atom. The van der Waals surface area contributed by atoms with Crippen LogP contribution in [0.2, 0.25) is 36.3 Å². The Balaban J connectivity index is 3.23. The van der Waals surface area contributed by atoms with Crippen molar-refractivity contribution in [1.82, 2.24) is 0 Å². The first kappa shape index (κ1) is 24.8. The lowest BCUT2D eigenvalue weighted by molar-refractivity contribution is 0.130. The Bertz CT molecular complexity index is 521. The van der Waals surface area contributed by atoms with Gasteiger partial charge in [-0.1, -0.05) is 59.3 Å². The average molecular weight is 413 g/mol. The van der Waals surface area contributed by atoms with Crippen LogP contribution < -0.4 is 0 Å². The van der Waals surface area contributed by atoms with E-state index in [1.807, 2.05) is 6.08 Å². The van der Waals surface area contributed by atoms with Gasteiger partial charge in [0.05, 0.1) is 18.8 Å². The predicted molar refractivity (Wildman–Crippen MR) is 122 cm³/mol. The monoisotopic (exact) mass is 412 g/mol. The molecule has 1 rings (SSSR count). The summed E-state index contributed by atoms with van der Waals surface area (Å²) in [5, 5.41) is 9.82. The normalized spacial score (nSPS) is 22.8. The summed E-state index contributed by atoms with van der Waals surface area (Å²) < 4.78 is 13.7. The van der Waals surface area contributed by atoms with E-state index in [1.54, 1.807) is 0 Å². The highest BCUT2D eigenvalue weighted by Gasteiger charge is 2.45. The maximum atomic E-state index is 9.48. The third-order valence-electron chi connectivity index (χ3n) is 6.84. The van der Waals surface area contributed by atoms with Gasteiger partial charge in [0.15, 0.2) is 16.6 Å². The smallest absolute Gasteiger partial charge is 0.192 e. The molecule has 0 aromatic heterocycles. The Kier molecular flexibility index (Phi) is 7.96. The van der Waals surface area contributed by atoms with Crippen LogP contribution in [-0.4, -0.2) is 40.6 Å². The van der Waals surface area contributed by atoms with Crippen molar-refractivity contribution in [2.45, 2.75) is 110 Å². The quantitative estimate of drug-likeness (QED) is 0.418. The maximum Gasteiger partial charge on any atom is 0.192 e. The predicted octanol–water partition coefficient (Wildman–Crippen LogP) is 6.43. The van der Waals surface area contributed by atoms with Crippen molar-refractivity contribution >= 4 is 16.6 Å². The molecule has 1 fully saturated rings. The van der Waals surface area contributed by atoms with Crippen LogP contribution in [0, 0.1) is 0 Å². The Hall–Kier alpha value is -0.206. The SMILES string of the molecule is CC=C1[C@H](O[Si](C)(C)C(C)(C)C)CC(=CCO)C[C@H]1O[Si](C)(C)C(C)(C)C. The van der Waals surface area contributed by atoms with Crippen LogP contribution in [0.1, 0.15) is 61.3 Å². The standard InChI is InChI=1S/C22H44O3Si2/c1-12-18-19(24-26(8,9)21(2,3)4)15-17(13-14-23)16-20(18)25-27(10,11)22(5,6)7/h12-13,19-20,23H,14-16H2,1-11H3/t19-,20-/m1/s1.